The Balaban J connectivity index is 2.25. The highest BCUT2D eigenvalue weighted by molar-refractivity contribution is 9.10. The summed E-state index contributed by atoms with van der Waals surface area (Å²) >= 11 is 4.35. The van der Waals surface area contributed by atoms with Crippen molar-refractivity contribution >= 4 is 33.1 Å². The maximum atomic E-state index is 13.5. The van der Waals surface area contributed by atoms with Crippen LogP contribution in [0.2, 0.25) is 0 Å². The molecule has 0 saturated heterocycles. The van der Waals surface area contributed by atoms with Crippen molar-refractivity contribution < 1.29 is 17.9 Å². The summed E-state index contributed by atoms with van der Waals surface area (Å²) < 4.78 is 47.4. The molecule has 0 spiro atoms. The second-order valence-corrected chi connectivity index (χ2v) is 6.59. The van der Waals surface area contributed by atoms with Gasteiger partial charge in [0, 0.05) is 27.1 Å². The SMILES string of the molecule is CCOc1nccnc1-n1nc(C(F)(F)F)c(-c2cc(Br)cs2)c1N. The molecule has 2 N–H and O–H groups in total. The van der Waals surface area contributed by atoms with Crippen LogP contribution in [0.1, 0.15) is 12.6 Å². The van der Waals surface area contributed by atoms with Crippen molar-refractivity contribution in [2.45, 2.75) is 13.1 Å². The minimum absolute atomic E-state index is 0.00535. The largest absolute Gasteiger partial charge is 0.475 e. The summed E-state index contributed by atoms with van der Waals surface area (Å²) in [6.45, 7) is 1.99. The van der Waals surface area contributed by atoms with Gasteiger partial charge in [-0.1, -0.05) is 0 Å². The second kappa shape index (κ2) is 6.64. The fraction of sp³-hybridized carbons (Fsp3) is 0.214. The minimum atomic E-state index is -4.68. The van der Waals surface area contributed by atoms with E-state index >= 15 is 0 Å². The van der Waals surface area contributed by atoms with Crippen LogP contribution in [0.15, 0.2) is 28.3 Å². The first-order valence-corrected chi connectivity index (χ1v) is 8.64. The molecule has 3 heterocycles. The van der Waals surface area contributed by atoms with E-state index < -0.39 is 11.9 Å². The van der Waals surface area contributed by atoms with Crippen molar-refractivity contribution in [1.82, 2.24) is 19.7 Å². The number of alkyl halides is 3. The number of hydrogen-bond acceptors (Lipinski definition) is 6. The molecule has 0 aliphatic rings. The molecule has 0 aliphatic heterocycles. The number of nitrogens with two attached hydrogens (primary N) is 1. The second-order valence-electron chi connectivity index (χ2n) is 4.77. The number of anilines is 1. The van der Waals surface area contributed by atoms with Crippen LogP contribution >= 0.6 is 27.3 Å². The van der Waals surface area contributed by atoms with Crippen LogP contribution in [0, 0.1) is 0 Å². The summed E-state index contributed by atoms with van der Waals surface area (Å²) in [5, 5.41) is 5.32. The fourth-order valence-corrected chi connectivity index (χ4v) is 3.66. The van der Waals surface area contributed by atoms with Gasteiger partial charge in [0.05, 0.1) is 12.2 Å². The summed E-state index contributed by atoms with van der Waals surface area (Å²) in [7, 11) is 0. The third-order valence-corrected chi connectivity index (χ3v) is 4.84. The van der Waals surface area contributed by atoms with Gasteiger partial charge < -0.3 is 10.5 Å². The lowest BCUT2D eigenvalue weighted by Crippen LogP contribution is -2.10. The Labute approximate surface area is 152 Å². The van der Waals surface area contributed by atoms with Gasteiger partial charge in [0.1, 0.15) is 5.82 Å². The number of aromatic nitrogens is 4. The zero-order valence-corrected chi connectivity index (χ0v) is 15.1. The highest BCUT2D eigenvalue weighted by atomic mass is 79.9. The van der Waals surface area contributed by atoms with Gasteiger partial charge in [-0.3, -0.25) is 0 Å². The number of hydrogen-bond donors (Lipinski definition) is 1. The minimum Gasteiger partial charge on any atom is -0.475 e. The van der Waals surface area contributed by atoms with Crippen LogP contribution in [0.5, 0.6) is 5.88 Å². The number of ether oxygens (including phenoxy) is 1. The van der Waals surface area contributed by atoms with Crippen molar-refractivity contribution in [3.8, 4) is 22.1 Å². The Morgan fingerprint density at radius 3 is 2.64 bits per heavy atom. The molecular weight excluding hydrogens is 423 g/mol. The predicted molar refractivity (Wildman–Crippen MR) is 90.8 cm³/mol. The molecule has 6 nitrogen and oxygen atoms in total. The molecule has 0 amide bonds. The van der Waals surface area contributed by atoms with Crippen LogP contribution in [0.3, 0.4) is 0 Å². The molecule has 25 heavy (non-hydrogen) atoms. The molecule has 0 bridgehead atoms. The monoisotopic (exact) mass is 433 g/mol. The van der Waals surface area contributed by atoms with Crippen molar-refractivity contribution in [3.63, 3.8) is 0 Å². The maximum absolute atomic E-state index is 13.5. The van der Waals surface area contributed by atoms with E-state index in [1.165, 1.54) is 12.4 Å². The Kier molecular flexibility index (Phi) is 4.69. The van der Waals surface area contributed by atoms with Gasteiger partial charge >= 0.3 is 6.18 Å². The standard InChI is InChI=1S/C14H11BrF3N5OS/c1-2-24-13-12(20-3-4-21-13)23-11(19)9(8-5-7(15)6-25-8)10(22-23)14(16,17)18/h3-6H,2,19H2,1H3. The van der Waals surface area contributed by atoms with Crippen molar-refractivity contribution in [3.05, 3.63) is 34.0 Å². The molecule has 0 unspecified atom stereocenters. The quantitative estimate of drug-likeness (QED) is 0.668. The van der Waals surface area contributed by atoms with E-state index in [0.717, 1.165) is 16.0 Å². The first kappa shape index (κ1) is 17.7. The molecule has 0 aromatic carbocycles. The first-order chi connectivity index (χ1) is 11.8. The summed E-state index contributed by atoms with van der Waals surface area (Å²) in [5.74, 6) is -0.149. The van der Waals surface area contributed by atoms with Gasteiger partial charge in [-0.15, -0.1) is 11.3 Å². The highest BCUT2D eigenvalue weighted by Crippen LogP contribution is 2.43. The molecule has 3 rings (SSSR count). The van der Waals surface area contributed by atoms with E-state index in [0.29, 0.717) is 9.35 Å². The molecule has 0 saturated carbocycles. The van der Waals surface area contributed by atoms with E-state index in [9.17, 15) is 13.2 Å². The molecule has 3 aromatic heterocycles. The van der Waals surface area contributed by atoms with E-state index in [-0.39, 0.29) is 29.7 Å². The van der Waals surface area contributed by atoms with Crippen LogP contribution < -0.4 is 10.5 Å². The van der Waals surface area contributed by atoms with Gasteiger partial charge in [-0.25, -0.2) is 9.97 Å². The smallest absolute Gasteiger partial charge is 0.435 e. The molecule has 132 valence electrons. The van der Waals surface area contributed by atoms with Gasteiger partial charge in [0.15, 0.2) is 5.69 Å². The predicted octanol–water partition coefficient (Wildman–Crippen LogP) is 4.15. The van der Waals surface area contributed by atoms with Crippen LogP contribution in [0.4, 0.5) is 19.0 Å². The number of nitrogen functional groups attached to an aromatic ring is 1. The molecular formula is C14H11BrF3N5OS. The molecule has 3 aromatic rings. The Morgan fingerprint density at radius 1 is 1.32 bits per heavy atom. The zero-order chi connectivity index (χ0) is 18.2. The lowest BCUT2D eigenvalue weighted by Gasteiger charge is -2.08. The lowest BCUT2D eigenvalue weighted by molar-refractivity contribution is -0.140. The third kappa shape index (κ3) is 3.33. The highest BCUT2D eigenvalue weighted by Gasteiger charge is 2.40. The molecule has 0 radical (unpaired) electrons. The number of rotatable bonds is 4. The molecule has 11 heteroatoms. The summed E-state index contributed by atoms with van der Waals surface area (Å²) in [5.41, 5.74) is 4.72. The Hall–Kier alpha value is -2.14. The summed E-state index contributed by atoms with van der Waals surface area (Å²) in [6.07, 6.45) is -1.98. The van der Waals surface area contributed by atoms with E-state index in [4.69, 9.17) is 10.5 Å². The van der Waals surface area contributed by atoms with Crippen molar-refractivity contribution in [1.29, 1.82) is 0 Å². The average molecular weight is 434 g/mol. The topological polar surface area (TPSA) is 78.9 Å². The Morgan fingerprint density at radius 2 is 2.04 bits per heavy atom. The van der Waals surface area contributed by atoms with Crippen LogP contribution in [0.25, 0.3) is 16.3 Å². The molecule has 0 atom stereocenters. The summed E-state index contributed by atoms with van der Waals surface area (Å²) in [4.78, 5) is 8.34. The number of thiophene rings is 1. The van der Waals surface area contributed by atoms with E-state index in [2.05, 4.69) is 31.0 Å². The average Bonchev–Trinajstić information content (AvgIpc) is 3.11. The first-order valence-electron chi connectivity index (χ1n) is 6.97. The number of halogens is 4. The van der Waals surface area contributed by atoms with Crippen LogP contribution in [-0.4, -0.2) is 26.4 Å². The fourth-order valence-electron chi connectivity index (χ4n) is 2.18. The Bertz CT molecular complexity index is 908. The molecule has 0 aliphatic carbocycles. The van der Waals surface area contributed by atoms with Gasteiger partial charge in [-0.2, -0.15) is 23.0 Å². The van der Waals surface area contributed by atoms with E-state index in [1.807, 2.05) is 0 Å². The van der Waals surface area contributed by atoms with Crippen molar-refractivity contribution in [2.75, 3.05) is 12.3 Å². The number of nitrogens with zero attached hydrogens (tertiary/aromatic N) is 4. The zero-order valence-electron chi connectivity index (χ0n) is 12.7. The van der Waals surface area contributed by atoms with Gasteiger partial charge in [0.25, 0.3) is 5.88 Å². The lowest BCUT2D eigenvalue weighted by atomic mass is 10.2. The van der Waals surface area contributed by atoms with Gasteiger partial charge in [-0.05, 0) is 28.9 Å². The van der Waals surface area contributed by atoms with Gasteiger partial charge in [0.2, 0.25) is 5.82 Å². The third-order valence-electron chi connectivity index (χ3n) is 3.13. The molecule has 0 fully saturated rings. The van der Waals surface area contributed by atoms with Crippen molar-refractivity contribution in [2.24, 2.45) is 0 Å². The van der Waals surface area contributed by atoms with E-state index in [1.54, 1.807) is 18.4 Å². The summed E-state index contributed by atoms with van der Waals surface area (Å²) in [6, 6.07) is 1.55. The van der Waals surface area contributed by atoms with Crippen LogP contribution in [-0.2, 0) is 6.18 Å². The maximum Gasteiger partial charge on any atom is 0.435 e. The normalized spacial score (nSPS) is 11.7.